The van der Waals surface area contributed by atoms with Crippen LogP contribution in [0.25, 0.3) is 0 Å². The van der Waals surface area contributed by atoms with E-state index in [1.54, 1.807) is 18.2 Å². The molecule has 1 aromatic carbocycles. The fraction of sp³-hybridized carbons (Fsp3) is 0. The van der Waals surface area contributed by atoms with E-state index in [1.165, 1.54) is 0 Å². The van der Waals surface area contributed by atoms with Crippen LogP contribution in [-0.4, -0.2) is 5.11 Å². The van der Waals surface area contributed by atoms with E-state index in [0.29, 0.717) is 10.6 Å². The van der Waals surface area contributed by atoms with Crippen molar-refractivity contribution in [3.63, 3.8) is 0 Å². The molecule has 1 aromatic rings. The molecule has 0 heterocycles. The Morgan fingerprint density at radius 2 is 2.10 bits per heavy atom. The summed E-state index contributed by atoms with van der Waals surface area (Å²) in [5, 5.41) is 9.19. The van der Waals surface area contributed by atoms with Crippen LogP contribution in [0.1, 0.15) is 5.56 Å². The minimum atomic E-state index is 0.606. The minimum absolute atomic E-state index is 0.606. The van der Waals surface area contributed by atoms with Crippen molar-refractivity contribution in [2.24, 2.45) is 0 Å². The standard InChI is InChI=1S/C7H5BrClO/c8-6-1-5(4-10)2-7(9)3-6/h1-4,10H. The molecule has 0 aliphatic carbocycles. The smallest absolute Gasteiger partial charge is 0.109 e. The molecular weight excluding hydrogens is 215 g/mol. The van der Waals surface area contributed by atoms with Crippen molar-refractivity contribution < 1.29 is 5.11 Å². The van der Waals surface area contributed by atoms with E-state index in [-0.39, 0.29) is 0 Å². The van der Waals surface area contributed by atoms with Gasteiger partial charge in [0.15, 0.2) is 0 Å². The molecule has 0 aromatic heterocycles. The Morgan fingerprint density at radius 3 is 2.60 bits per heavy atom. The lowest BCUT2D eigenvalue weighted by molar-refractivity contribution is 0.415. The van der Waals surface area contributed by atoms with Gasteiger partial charge in [0.2, 0.25) is 0 Å². The summed E-state index contributed by atoms with van der Waals surface area (Å²) >= 11 is 8.91. The highest BCUT2D eigenvalue weighted by Crippen LogP contribution is 2.19. The van der Waals surface area contributed by atoms with Crippen LogP contribution in [-0.2, 0) is 0 Å². The average molecular weight is 220 g/mol. The quantitative estimate of drug-likeness (QED) is 0.771. The lowest BCUT2D eigenvalue weighted by Crippen LogP contribution is -1.78. The highest BCUT2D eigenvalue weighted by Gasteiger charge is 1.95. The number of rotatable bonds is 1. The van der Waals surface area contributed by atoms with Gasteiger partial charge in [-0.05, 0) is 23.8 Å². The first kappa shape index (κ1) is 8.05. The van der Waals surface area contributed by atoms with Crippen LogP contribution in [0.4, 0.5) is 0 Å². The molecule has 53 valence electrons. The van der Waals surface area contributed by atoms with Crippen molar-refractivity contribution >= 4 is 27.5 Å². The van der Waals surface area contributed by atoms with Gasteiger partial charge >= 0.3 is 0 Å². The first-order chi connectivity index (χ1) is 4.72. The predicted octanol–water partition coefficient (Wildman–Crippen LogP) is 2.98. The maximum absolute atomic E-state index is 8.58. The van der Waals surface area contributed by atoms with E-state index in [0.717, 1.165) is 11.1 Å². The molecule has 0 aliphatic heterocycles. The van der Waals surface area contributed by atoms with Crippen LogP contribution in [0.5, 0.6) is 0 Å². The highest BCUT2D eigenvalue weighted by atomic mass is 79.9. The highest BCUT2D eigenvalue weighted by molar-refractivity contribution is 9.10. The summed E-state index contributed by atoms with van der Waals surface area (Å²) in [7, 11) is 0. The monoisotopic (exact) mass is 219 g/mol. The van der Waals surface area contributed by atoms with Gasteiger partial charge in [-0.25, -0.2) is 0 Å². The minimum Gasteiger partial charge on any atom is -0.385 e. The van der Waals surface area contributed by atoms with E-state index in [4.69, 9.17) is 16.7 Å². The van der Waals surface area contributed by atoms with Gasteiger partial charge in [0, 0.05) is 9.50 Å². The van der Waals surface area contributed by atoms with Crippen molar-refractivity contribution in [1.29, 1.82) is 0 Å². The van der Waals surface area contributed by atoms with Crippen LogP contribution in [0.15, 0.2) is 22.7 Å². The summed E-state index contributed by atoms with van der Waals surface area (Å²) in [6.07, 6.45) is 0. The molecule has 1 N–H and O–H groups in total. The normalized spacial score (nSPS) is 9.90. The Labute approximate surface area is 72.8 Å². The molecular formula is C7H5BrClO. The largest absolute Gasteiger partial charge is 0.385 e. The predicted molar refractivity (Wildman–Crippen MR) is 44.5 cm³/mol. The van der Waals surface area contributed by atoms with Gasteiger partial charge in [-0.1, -0.05) is 27.5 Å². The van der Waals surface area contributed by atoms with Gasteiger partial charge in [-0.2, -0.15) is 0 Å². The van der Waals surface area contributed by atoms with Gasteiger partial charge in [0.05, 0.1) is 0 Å². The Bertz CT molecular complexity index is 217. The van der Waals surface area contributed by atoms with Crippen LogP contribution in [0, 0.1) is 6.61 Å². The van der Waals surface area contributed by atoms with Crippen molar-refractivity contribution in [2.45, 2.75) is 0 Å². The molecule has 1 radical (unpaired) electrons. The summed E-state index contributed by atoms with van der Waals surface area (Å²) in [5.41, 5.74) is 0.694. The topological polar surface area (TPSA) is 20.2 Å². The molecule has 0 amide bonds. The van der Waals surface area contributed by atoms with Crippen LogP contribution >= 0.6 is 27.5 Å². The second-order valence-corrected chi connectivity index (χ2v) is 3.18. The maximum atomic E-state index is 8.58. The zero-order chi connectivity index (χ0) is 7.56. The third-order valence-corrected chi connectivity index (χ3v) is 1.71. The fourth-order valence-corrected chi connectivity index (χ4v) is 1.54. The maximum Gasteiger partial charge on any atom is 0.109 e. The van der Waals surface area contributed by atoms with Crippen LogP contribution < -0.4 is 0 Å². The van der Waals surface area contributed by atoms with E-state index < -0.39 is 0 Å². The lowest BCUT2D eigenvalue weighted by atomic mass is 10.2. The first-order valence-corrected chi connectivity index (χ1v) is 3.83. The fourth-order valence-electron chi connectivity index (χ4n) is 0.650. The Morgan fingerprint density at radius 1 is 1.40 bits per heavy atom. The summed E-state index contributed by atoms with van der Waals surface area (Å²) in [6, 6.07) is 5.20. The number of benzene rings is 1. The Balaban J connectivity index is 3.06. The number of aliphatic hydroxyl groups is 1. The molecule has 0 spiro atoms. The third-order valence-electron chi connectivity index (χ3n) is 1.03. The van der Waals surface area contributed by atoms with Gasteiger partial charge in [0.25, 0.3) is 0 Å². The lowest BCUT2D eigenvalue weighted by Gasteiger charge is -1.96. The summed E-state index contributed by atoms with van der Waals surface area (Å²) in [6.45, 7) is 1.01. The Hall–Kier alpha value is -0.0500. The molecule has 1 rings (SSSR count). The van der Waals surface area contributed by atoms with Crippen LogP contribution in [0.3, 0.4) is 0 Å². The molecule has 0 unspecified atom stereocenters. The second-order valence-electron chi connectivity index (χ2n) is 1.83. The van der Waals surface area contributed by atoms with Crippen molar-refractivity contribution in [3.05, 3.63) is 39.9 Å². The van der Waals surface area contributed by atoms with Crippen LogP contribution in [0.2, 0.25) is 5.02 Å². The summed E-state index contributed by atoms with van der Waals surface area (Å²) < 4.78 is 0.861. The van der Waals surface area contributed by atoms with Gasteiger partial charge < -0.3 is 5.11 Å². The molecule has 0 saturated carbocycles. The number of aliphatic hydroxyl groups excluding tert-OH is 1. The molecule has 0 bridgehead atoms. The van der Waals surface area contributed by atoms with Gasteiger partial charge in [-0.3, -0.25) is 0 Å². The molecule has 3 heteroatoms. The number of halogens is 2. The van der Waals surface area contributed by atoms with E-state index >= 15 is 0 Å². The summed E-state index contributed by atoms with van der Waals surface area (Å²) in [4.78, 5) is 0. The van der Waals surface area contributed by atoms with Gasteiger partial charge in [0.1, 0.15) is 6.61 Å². The third kappa shape index (κ3) is 1.97. The van der Waals surface area contributed by atoms with Crippen molar-refractivity contribution in [3.8, 4) is 0 Å². The molecule has 0 fully saturated rings. The average Bonchev–Trinajstić information content (AvgIpc) is 1.85. The molecule has 0 saturated heterocycles. The Kier molecular flexibility index (Phi) is 2.72. The summed E-state index contributed by atoms with van der Waals surface area (Å²) in [5.74, 6) is 0. The number of hydrogen-bond donors (Lipinski definition) is 1. The zero-order valence-corrected chi connectivity index (χ0v) is 7.35. The number of hydrogen-bond acceptors (Lipinski definition) is 1. The first-order valence-electron chi connectivity index (χ1n) is 2.66. The van der Waals surface area contributed by atoms with Crippen molar-refractivity contribution in [1.82, 2.24) is 0 Å². The van der Waals surface area contributed by atoms with E-state index in [2.05, 4.69) is 15.9 Å². The van der Waals surface area contributed by atoms with Gasteiger partial charge in [-0.15, -0.1) is 0 Å². The zero-order valence-electron chi connectivity index (χ0n) is 5.01. The molecule has 10 heavy (non-hydrogen) atoms. The molecule has 0 aliphatic rings. The molecule has 1 nitrogen and oxygen atoms in total. The molecule has 0 atom stereocenters. The van der Waals surface area contributed by atoms with Crippen molar-refractivity contribution in [2.75, 3.05) is 0 Å². The van der Waals surface area contributed by atoms with E-state index in [1.807, 2.05) is 0 Å². The van der Waals surface area contributed by atoms with E-state index in [9.17, 15) is 0 Å². The SMILES string of the molecule is O[CH]c1cc(Cl)cc(Br)c1. The second kappa shape index (κ2) is 3.37.